The summed E-state index contributed by atoms with van der Waals surface area (Å²) in [5.41, 5.74) is 0.772. The summed E-state index contributed by atoms with van der Waals surface area (Å²) in [6.45, 7) is 22.3. The minimum atomic E-state index is -1.42. The molecule has 0 saturated carbocycles. The number of benzene rings is 1. The first-order chi connectivity index (χ1) is 16.6. The van der Waals surface area contributed by atoms with Crippen LogP contribution in [0.5, 0.6) is 0 Å². The number of nitrogens with zero attached hydrogens (tertiary/aromatic N) is 1. The Morgan fingerprint density at radius 3 is 2.06 bits per heavy atom. The number of hydrogen-bond acceptors (Lipinski definition) is 4. The summed E-state index contributed by atoms with van der Waals surface area (Å²) < 4.78 is 0. The Hall–Kier alpha value is -3.01. The van der Waals surface area contributed by atoms with Crippen LogP contribution in [0, 0.1) is 11.3 Å². The first kappa shape index (κ1) is 32.0. The van der Waals surface area contributed by atoms with Crippen molar-refractivity contribution in [2.24, 2.45) is 11.3 Å². The molecular weight excluding hydrogens is 434 g/mol. The van der Waals surface area contributed by atoms with Gasteiger partial charge >= 0.3 is 0 Å². The molecule has 0 spiro atoms. The molecule has 1 aliphatic heterocycles. The van der Waals surface area contributed by atoms with E-state index >= 15 is 0 Å². The maximum absolute atomic E-state index is 13.8. The lowest BCUT2D eigenvalue weighted by Gasteiger charge is -2.39. The lowest BCUT2D eigenvalue weighted by Crippen LogP contribution is -2.42. The van der Waals surface area contributed by atoms with E-state index in [-0.39, 0.29) is 6.04 Å². The van der Waals surface area contributed by atoms with Gasteiger partial charge in [-0.3, -0.25) is 14.4 Å². The van der Waals surface area contributed by atoms with Crippen molar-refractivity contribution in [2.45, 2.75) is 74.8 Å². The zero-order valence-electron chi connectivity index (χ0n) is 23.2. The van der Waals surface area contributed by atoms with Crippen LogP contribution >= 0.6 is 0 Å². The van der Waals surface area contributed by atoms with Crippen molar-refractivity contribution in [2.75, 3.05) is 6.54 Å². The number of Topliss-reactive ketones (excluding diaryl/α,β-unsaturated/α-hetero) is 3. The van der Waals surface area contributed by atoms with Crippen LogP contribution < -0.4 is 0 Å². The van der Waals surface area contributed by atoms with Gasteiger partial charge in [0.25, 0.3) is 0 Å². The van der Waals surface area contributed by atoms with Gasteiger partial charge in [0.1, 0.15) is 5.92 Å². The second kappa shape index (κ2) is 15.8. The highest BCUT2D eigenvalue weighted by Crippen LogP contribution is 2.38. The molecule has 35 heavy (non-hydrogen) atoms. The predicted molar refractivity (Wildman–Crippen MR) is 148 cm³/mol. The summed E-state index contributed by atoms with van der Waals surface area (Å²) in [4.78, 5) is 42.8. The van der Waals surface area contributed by atoms with Crippen molar-refractivity contribution >= 4 is 17.3 Å². The molecule has 0 aromatic heterocycles. The molecule has 0 amide bonds. The molecule has 0 aliphatic carbocycles. The fraction of sp³-hybridized carbons (Fsp3) is 0.452. The summed E-state index contributed by atoms with van der Waals surface area (Å²) in [6, 6.07) is 8.78. The molecule has 1 aromatic rings. The Kier molecular flexibility index (Phi) is 14.4. The number of allylic oxidation sites excluding steroid dienone is 6. The first-order valence-corrected chi connectivity index (χ1v) is 12.7. The van der Waals surface area contributed by atoms with Crippen LogP contribution in [0.2, 0.25) is 0 Å². The average molecular weight is 480 g/mol. The molecule has 4 heteroatoms. The fourth-order valence-electron chi connectivity index (χ4n) is 3.69. The minimum Gasteiger partial charge on any atom is -0.375 e. The molecule has 0 fully saturated rings. The molecule has 0 bridgehead atoms. The minimum absolute atomic E-state index is 0.222. The van der Waals surface area contributed by atoms with Gasteiger partial charge in [0, 0.05) is 35.5 Å². The Labute approximate surface area is 213 Å². The van der Waals surface area contributed by atoms with Gasteiger partial charge in [-0.1, -0.05) is 103 Å². The number of carbonyl (C=O) groups is 3. The molecule has 0 N–H and O–H groups in total. The van der Waals surface area contributed by atoms with Crippen LogP contribution in [0.1, 0.15) is 79.1 Å². The molecule has 2 rings (SSSR count). The zero-order valence-corrected chi connectivity index (χ0v) is 23.2. The standard InChI is InChI=1S/C27H33NO3.2C2H6/c1-7-9-13-20(8-2)24(29)23(25(30)21-14-11-10-12-15-21)26(31)22-18-28(19(3)4)17-16-27(22,5)6;2*1-2/h7-15,18-19,23H,1,16-17H2,2-6H3;2*1-2H3/b13-9-,20-8+;;. The van der Waals surface area contributed by atoms with E-state index in [0.717, 1.165) is 13.0 Å². The SMILES string of the molecule is C=C/C=C\C(=C/C)C(=O)C(C(=O)C1=CN(C(C)C)CCC1(C)C)C(=O)c1ccccc1.CC.CC. The van der Waals surface area contributed by atoms with Crippen molar-refractivity contribution in [3.8, 4) is 0 Å². The summed E-state index contributed by atoms with van der Waals surface area (Å²) in [5, 5.41) is 0. The van der Waals surface area contributed by atoms with Crippen molar-refractivity contribution in [1.82, 2.24) is 4.90 Å². The molecule has 1 heterocycles. The number of ketones is 3. The van der Waals surface area contributed by atoms with E-state index in [2.05, 4.69) is 25.3 Å². The highest BCUT2D eigenvalue weighted by atomic mass is 16.2. The van der Waals surface area contributed by atoms with E-state index in [1.54, 1.807) is 61.6 Å². The van der Waals surface area contributed by atoms with Crippen molar-refractivity contribution < 1.29 is 14.4 Å². The summed E-state index contributed by atoms with van der Waals surface area (Å²) in [5.74, 6) is -2.79. The highest BCUT2D eigenvalue weighted by Gasteiger charge is 2.42. The lowest BCUT2D eigenvalue weighted by molar-refractivity contribution is -0.127. The quantitative estimate of drug-likeness (QED) is 0.160. The van der Waals surface area contributed by atoms with E-state index in [4.69, 9.17) is 0 Å². The van der Waals surface area contributed by atoms with Crippen molar-refractivity contribution in [3.63, 3.8) is 0 Å². The molecule has 192 valence electrons. The zero-order chi connectivity index (χ0) is 27.2. The molecule has 0 saturated heterocycles. The Bertz CT molecular complexity index is 933. The number of hydrogen-bond donors (Lipinski definition) is 0. The van der Waals surface area contributed by atoms with Crippen LogP contribution in [0.25, 0.3) is 0 Å². The van der Waals surface area contributed by atoms with E-state index in [1.807, 2.05) is 47.7 Å². The van der Waals surface area contributed by atoms with Crippen LogP contribution in [0.4, 0.5) is 0 Å². The highest BCUT2D eigenvalue weighted by molar-refractivity contribution is 6.31. The smallest absolute Gasteiger partial charge is 0.181 e. The maximum atomic E-state index is 13.8. The topological polar surface area (TPSA) is 54.5 Å². The van der Waals surface area contributed by atoms with Gasteiger partial charge in [-0.25, -0.2) is 0 Å². The van der Waals surface area contributed by atoms with Crippen LogP contribution in [0.15, 0.2) is 78.6 Å². The van der Waals surface area contributed by atoms with Crippen LogP contribution in [-0.2, 0) is 9.59 Å². The average Bonchev–Trinajstić information content (AvgIpc) is 2.87. The molecule has 4 nitrogen and oxygen atoms in total. The van der Waals surface area contributed by atoms with Gasteiger partial charge in [-0.2, -0.15) is 0 Å². The largest absolute Gasteiger partial charge is 0.375 e. The van der Waals surface area contributed by atoms with Gasteiger partial charge in [-0.15, -0.1) is 0 Å². The lowest BCUT2D eigenvalue weighted by atomic mass is 9.72. The Balaban J connectivity index is 0.00000274. The summed E-state index contributed by atoms with van der Waals surface area (Å²) >= 11 is 0. The van der Waals surface area contributed by atoms with Gasteiger partial charge in [0.2, 0.25) is 0 Å². The Morgan fingerprint density at radius 1 is 1.00 bits per heavy atom. The number of carbonyl (C=O) groups excluding carboxylic acids is 3. The van der Waals surface area contributed by atoms with E-state index in [9.17, 15) is 14.4 Å². The molecule has 1 aromatic carbocycles. The second-order valence-corrected chi connectivity index (χ2v) is 8.74. The molecule has 1 atom stereocenters. The van der Waals surface area contributed by atoms with Gasteiger partial charge < -0.3 is 4.90 Å². The Morgan fingerprint density at radius 2 is 1.57 bits per heavy atom. The number of rotatable bonds is 9. The summed E-state index contributed by atoms with van der Waals surface area (Å²) in [7, 11) is 0. The third-order valence-electron chi connectivity index (χ3n) is 5.80. The van der Waals surface area contributed by atoms with E-state index in [1.165, 1.54) is 0 Å². The first-order valence-electron chi connectivity index (χ1n) is 12.7. The third kappa shape index (κ3) is 8.61. The van der Waals surface area contributed by atoms with Crippen molar-refractivity contribution in [1.29, 1.82) is 0 Å². The maximum Gasteiger partial charge on any atom is 0.181 e. The van der Waals surface area contributed by atoms with Crippen LogP contribution in [0.3, 0.4) is 0 Å². The summed E-state index contributed by atoms with van der Waals surface area (Å²) in [6.07, 6.45) is 9.03. The van der Waals surface area contributed by atoms with Gasteiger partial charge in [0.05, 0.1) is 0 Å². The van der Waals surface area contributed by atoms with E-state index in [0.29, 0.717) is 16.7 Å². The normalized spacial score (nSPS) is 15.8. The van der Waals surface area contributed by atoms with Crippen LogP contribution in [-0.4, -0.2) is 34.8 Å². The predicted octanol–water partition coefficient (Wildman–Crippen LogP) is 7.39. The third-order valence-corrected chi connectivity index (χ3v) is 5.80. The molecule has 0 radical (unpaired) electrons. The van der Waals surface area contributed by atoms with E-state index < -0.39 is 28.7 Å². The second-order valence-electron chi connectivity index (χ2n) is 8.74. The fourth-order valence-corrected chi connectivity index (χ4v) is 3.69. The molecular formula is C31H45NO3. The molecule has 1 unspecified atom stereocenters. The monoisotopic (exact) mass is 479 g/mol. The van der Waals surface area contributed by atoms with Gasteiger partial charge in [0.15, 0.2) is 17.3 Å². The van der Waals surface area contributed by atoms with Gasteiger partial charge in [-0.05, 0) is 32.6 Å². The van der Waals surface area contributed by atoms with Crippen molar-refractivity contribution in [3.05, 3.63) is 84.1 Å². The molecule has 1 aliphatic rings.